The van der Waals surface area contributed by atoms with Gasteiger partial charge >= 0.3 is 0 Å². The molecule has 0 amide bonds. The molecular weight excluding hydrogens is 244 g/mol. The normalized spacial score (nSPS) is 28.6. The highest BCUT2D eigenvalue weighted by molar-refractivity contribution is 5.81. The van der Waals surface area contributed by atoms with Crippen LogP contribution in [-0.2, 0) is 4.79 Å². The molecule has 0 aliphatic heterocycles. The van der Waals surface area contributed by atoms with Gasteiger partial charge in [-0.1, -0.05) is 60.3 Å². The van der Waals surface area contributed by atoms with E-state index in [9.17, 15) is 4.79 Å². The molecule has 118 valence electrons. The zero-order valence-electron chi connectivity index (χ0n) is 14.5. The van der Waals surface area contributed by atoms with Crippen LogP contribution >= 0.6 is 0 Å². The molecule has 0 aromatic heterocycles. The summed E-state index contributed by atoms with van der Waals surface area (Å²) < 4.78 is 0. The third-order valence-electron chi connectivity index (χ3n) is 5.51. The van der Waals surface area contributed by atoms with Crippen molar-refractivity contribution in [2.45, 2.75) is 86.0 Å². The summed E-state index contributed by atoms with van der Waals surface area (Å²) in [5, 5.41) is 0. The van der Waals surface area contributed by atoms with Crippen molar-refractivity contribution in [3.05, 3.63) is 0 Å². The second-order valence-corrected chi connectivity index (χ2v) is 7.50. The van der Waals surface area contributed by atoms with Crippen LogP contribution in [0.4, 0.5) is 0 Å². The molecule has 4 atom stereocenters. The first-order chi connectivity index (χ1) is 9.49. The van der Waals surface area contributed by atoms with Crippen LogP contribution < -0.4 is 0 Å². The Balaban J connectivity index is 2.54. The van der Waals surface area contributed by atoms with E-state index in [1.165, 1.54) is 32.1 Å². The number of rotatable bonds is 8. The molecule has 0 aromatic rings. The van der Waals surface area contributed by atoms with Crippen LogP contribution in [0.2, 0.25) is 0 Å². The van der Waals surface area contributed by atoms with Crippen molar-refractivity contribution in [3.8, 4) is 0 Å². The molecule has 0 radical (unpaired) electrons. The highest BCUT2D eigenvalue weighted by atomic mass is 16.1. The molecule has 0 aromatic carbocycles. The maximum Gasteiger partial charge on any atom is 0.136 e. The number of carbonyl (C=O) groups is 1. The third kappa shape index (κ3) is 5.22. The summed E-state index contributed by atoms with van der Waals surface area (Å²) in [6.07, 6.45) is 9.46. The molecule has 1 rings (SSSR count). The summed E-state index contributed by atoms with van der Waals surface area (Å²) in [6, 6.07) is 0. The molecule has 1 heteroatoms. The van der Waals surface area contributed by atoms with Gasteiger partial charge in [0.2, 0.25) is 0 Å². The Bertz CT molecular complexity index is 281. The zero-order valence-corrected chi connectivity index (χ0v) is 14.5. The van der Waals surface area contributed by atoms with Crippen molar-refractivity contribution < 1.29 is 4.79 Å². The Hall–Kier alpha value is -0.330. The first-order valence-corrected chi connectivity index (χ1v) is 9.02. The summed E-state index contributed by atoms with van der Waals surface area (Å²) in [5.74, 6) is 3.75. The third-order valence-corrected chi connectivity index (χ3v) is 5.51. The predicted octanol–water partition coefficient (Wildman–Crippen LogP) is 5.87. The molecule has 20 heavy (non-hydrogen) atoms. The van der Waals surface area contributed by atoms with Crippen LogP contribution in [0.15, 0.2) is 0 Å². The lowest BCUT2D eigenvalue weighted by Crippen LogP contribution is -2.33. The smallest absolute Gasteiger partial charge is 0.136 e. The Morgan fingerprint density at radius 2 is 1.85 bits per heavy atom. The van der Waals surface area contributed by atoms with Crippen LogP contribution in [0, 0.1) is 29.6 Å². The van der Waals surface area contributed by atoms with Gasteiger partial charge < -0.3 is 0 Å². The molecule has 1 aliphatic carbocycles. The van der Waals surface area contributed by atoms with Crippen molar-refractivity contribution >= 4 is 5.78 Å². The molecule has 0 heterocycles. The SMILES string of the molecule is CCCC(CC)CCC(=O)C1CC(C)CCC1C(C)C. The Kier molecular flexibility index (Phi) is 7.84. The summed E-state index contributed by atoms with van der Waals surface area (Å²) in [5.41, 5.74) is 0. The van der Waals surface area contributed by atoms with Crippen LogP contribution in [0.3, 0.4) is 0 Å². The van der Waals surface area contributed by atoms with Crippen LogP contribution in [0.25, 0.3) is 0 Å². The van der Waals surface area contributed by atoms with E-state index < -0.39 is 0 Å². The van der Waals surface area contributed by atoms with Gasteiger partial charge in [0.1, 0.15) is 5.78 Å². The minimum atomic E-state index is 0.359. The van der Waals surface area contributed by atoms with E-state index in [4.69, 9.17) is 0 Å². The molecular formula is C19H36O. The summed E-state index contributed by atoms with van der Waals surface area (Å²) in [4.78, 5) is 12.7. The molecule has 0 bridgehead atoms. The van der Waals surface area contributed by atoms with E-state index in [1.54, 1.807) is 0 Å². The van der Waals surface area contributed by atoms with Crippen LogP contribution in [-0.4, -0.2) is 5.78 Å². The number of Topliss-reactive ketones (excluding diaryl/α,β-unsaturated/α-hetero) is 1. The maximum absolute atomic E-state index is 12.7. The first kappa shape index (κ1) is 17.7. The summed E-state index contributed by atoms with van der Waals surface area (Å²) in [6.45, 7) is 11.4. The van der Waals surface area contributed by atoms with Crippen LogP contribution in [0.5, 0.6) is 0 Å². The number of carbonyl (C=O) groups excluding carboxylic acids is 1. The standard InChI is InChI=1S/C19H36O/c1-6-8-16(7-2)10-12-19(20)18-13-15(5)9-11-17(18)14(3)4/h14-18H,6-13H2,1-5H3. The molecule has 0 spiro atoms. The molecule has 0 N–H and O–H groups in total. The average Bonchev–Trinajstić information content (AvgIpc) is 2.42. The van der Waals surface area contributed by atoms with E-state index in [0.29, 0.717) is 23.5 Å². The lowest BCUT2D eigenvalue weighted by molar-refractivity contribution is -0.127. The van der Waals surface area contributed by atoms with Crippen molar-refractivity contribution in [1.29, 1.82) is 0 Å². The van der Waals surface area contributed by atoms with Crippen LogP contribution in [0.1, 0.15) is 86.0 Å². The van der Waals surface area contributed by atoms with Gasteiger partial charge in [-0.3, -0.25) is 4.79 Å². The highest BCUT2D eigenvalue weighted by Gasteiger charge is 2.34. The van der Waals surface area contributed by atoms with Gasteiger partial charge in [0.25, 0.3) is 0 Å². The number of hydrogen-bond donors (Lipinski definition) is 0. The monoisotopic (exact) mass is 280 g/mol. The van der Waals surface area contributed by atoms with Crippen molar-refractivity contribution in [3.63, 3.8) is 0 Å². The lowest BCUT2D eigenvalue weighted by Gasteiger charge is -2.36. The second kappa shape index (κ2) is 8.85. The lowest BCUT2D eigenvalue weighted by atomic mass is 9.68. The Labute approximate surface area is 126 Å². The van der Waals surface area contributed by atoms with Crippen molar-refractivity contribution in [2.75, 3.05) is 0 Å². The highest BCUT2D eigenvalue weighted by Crippen LogP contribution is 2.39. The van der Waals surface area contributed by atoms with Gasteiger partial charge in [-0.05, 0) is 42.9 Å². The minimum absolute atomic E-state index is 0.359. The Morgan fingerprint density at radius 3 is 2.40 bits per heavy atom. The largest absolute Gasteiger partial charge is 0.299 e. The van der Waals surface area contributed by atoms with Crippen molar-refractivity contribution in [2.24, 2.45) is 29.6 Å². The van der Waals surface area contributed by atoms with Gasteiger partial charge in [-0.25, -0.2) is 0 Å². The van der Waals surface area contributed by atoms with E-state index in [0.717, 1.165) is 31.1 Å². The fourth-order valence-corrected chi connectivity index (χ4v) is 4.07. The van der Waals surface area contributed by atoms with E-state index >= 15 is 0 Å². The average molecular weight is 280 g/mol. The topological polar surface area (TPSA) is 17.1 Å². The second-order valence-electron chi connectivity index (χ2n) is 7.50. The molecule has 1 nitrogen and oxygen atoms in total. The zero-order chi connectivity index (χ0) is 15.1. The predicted molar refractivity (Wildman–Crippen MR) is 87.8 cm³/mol. The molecule has 4 unspecified atom stereocenters. The Morgan fingerprint density at radius 1 is 1.15 bits per heavy atom. The number of hydrogen-bond acceptors (Lipinski definition) is 1. The molecule has 1 aliphatic rings. The minimum Gasteiger partial charge on any atom is -0.299 e. The van der Waals surface area contributed by atoms with Gasteiger partial charge in [-0.2, -0.15) is 0 Å². The van der Waals surface area contributed by atoms with E-state index in [2.05, 4.69) is 34.6 Å². The van der Waals surface area contributed by atoms with Gasteiger partial charge in [0.05, 0.1) is 0 Å². The fourth-order valence-electron chi connectivity index (χ4n) is 4.07. The molecule has 0 saturated heterocycles. The maximum atomic E-state index is 12.7. The number of ketones is 1. The summed E-state index contributed by atoms with van der Waals surface area (Å²) >= 11 is 0. The summed E-state index contributed by atoms with van der Waals surface area (Å²) in [7, 11) is 0. The fraction of sp³-hybridized carbons (Fsp3) is 0.947. The van der Waals surface area contributed by atoms with E-state index in [-0.39, 0.29) is 0 Å². The molecule has 1 fully saturated rings. The van der Waals surface area contributed by atoms with Gasteiger partial charge in [0, 0.05) is 12.3 Å². The van der Waals surface area contributed by atoms with Gasteiger partial charge in [0.15, 0.2) is 0 Å². The quantitative estimate of drug-likeness (QED) is 0.543. The van der Waals surface area contributed by atoms with E-state index in [1.807, 2.05) is 0 Å². The van der Waals surface area contributed by atoms with Crippen molar-refractivity contribution in [1.82, 2.24) is 0 Å². The molecule has 1 saturated carbocycles. The van der Waals surface area contributed by atoms with Gasteiger partial charge in [-0.15, -0.1) is 0 Å². The first-order valence-electron chi connectivity index (χ1n) is 9.02.